The molecule has 1 aromatic rings. The molecule has 1 fully saturated rings. The largest absolute Gasteiger partial charge is 0.396 e. The number of benzene rings is 1. The van der Waals surface area contributed by atoms with Crippen LogP contribution >= 0.6 is 35.6 Å². The molecule has 1 atom stereocenters. The lowest BCUT2D eigenvalue weighted by molar-refractivity contribution is 0.0170. The molecule has 0 bridgehead atoms. The van der Waals surface area contributed by atoms with Crippen molar-refractivity contribution in [3.05, 3.63) is 34.9 Å². The van der Waals surface area contributed by atoms with E-state index in [9.17, 15) is 5.11 Å². The maximum atomic E-state index is 9.50. The zero-order valence-corrected chi connectivity index (χ0v) is 22.3. The fourth-order valence-electron chi connectivity index (χ4n) is 4.00. The van der Waals surface area contributed by atoms with Crippen LogP contribution in [-0.2, 0) is 4.74 Å². The molecule has 8 heteroatoms. The molecule has 6 nitrogen and oxygen atoms in total. The standard InChI is InChI=1S/C23H39ClN4O2.HI/c1-4-23(5-2,11-14-29)18-27-22(25-6-3)26-17-21(28-12-15-30-16-13-28)19-9-7-8-10-20(19)24;/h7-10,21,29H,4-6,11-18H2,1-3H3,(H2,25,26,27);1H. The van der Waals surface area contributed by atoms with Crippen molar-refractivity contribution < 1.29 is 9.84 Å². The second kappa shape index (κ2) is 15.3. The van der Waals surface area contributed by atoms with Crippen LogP contribution in [0, 0.1) is 5.41 Å². The van der Waals surface area contributed by atoms with Crippen LogP contribution in [-0.4, -0.2) is 68.5 Å². The van der Waals surface area contributed by atoms with Crippen molar-refractivity contribution in [3.8, 4) is 0 Å². The summed E-state index contributed by atoms with van der Waals surface area (Å²) in [6.45, 7) is 12.1. The summed E-state index contributed by atoms with van der Waals surface area (Å²) >= 11 is 6.55. The van der Waals surface area contributed by atoms with Crippen LogP contribution in [0.15, 0.2) is 29.3 Å². The van der Waals surface area contributed by atoms with E-state index in [1.807, 2.05) is 18.2 Å². The number of halogens is 2. The Morgan fingerprint density at radius 2 is 1.87 bits per heavy atom. The molecule has 0 amide bonds. The first-order chi connectivity index (χ1) is 14.6. The predicted molar refractivity (Wildman–Crippen MR) is 141 cm³/mol. The number of hydrogen-bond donors (Lipinski definition) is 3. The second-order valence-corrected chi connectivity index (χ2v) is 8.35. The van der Waals surface area contributed by atoms with Crippen LogP contribution in [0.2, 0.25) is 5.02 Å². The third kappa shape index (κ3) is 8.68. The number of aliphatic hydroxyl groups excluding tert-OH is 1. The van der Waals surface area contributed by atoms with Crippen LogP contribution in [0.5, 0.6) is 0 Å². The number of nitrogens with one attached hydrogen (secondary N) is 2. The Morgan fingerprint density at radius 3 is 2.45 bits per heavy atom. The number of hydrogen-bond acceptors (Lipinski definition) is 4. The number of aliphatic hydroxyl groups is 1. The first-order valence-corrected chi connectivity index (χ1v) is 11.7. The summed E-state index contributed by atoms with van der Waals surface area (Å²) in [5, 5.41) is 17.2. The van der Waals surface area contributed by atoms with Gasteiger partial charge in [0.2, 0.25) is 0 Å². The van der Waals surface area contributed by atoms with Gasteiger partial charge in [0.05, 0.1) is 19.3 Å². The Labute approximate surface area is 210 Å². The number of morpholine rings is 1. The molecule has 178 valence electrons. The molecular weight excluding hydrogens is 527 g/mol. The lowest BCUT2D eigenvalue weighted by atomic mass is 9.79. The Bertz CT molecular complexity index is 652. The Kier molecular flexibility index (Phi) is 14.0. The lowest BCUT2D eigenvalue weighted by Gasteiger charge is -2.35. The number of rotatable bonds is 11. The van der Waals surface area contributed by atoms with E-state index in [1.54, 1.807) is 0 Å². The highest BCUT2D eigenvalue weighted by atomic mass is 127. The van der Waals surface area contributed by atoms with Gasteiger partial charge in [-0.1, -0.05) is 43.6 Å². The highest BCUT2D eigenvalue weighted by molar-refractivity contribution is 14.0. The van der Waals surface area contributed by atoms with E-state index >= 15 is 0 Å². The molecule has 1 aliphatic heterocycles. The molecule has 0 saturated carbocycles. The van der Waals surface area contributed by atoms with Gasteiger partial charge in [0.15, 0.2) is 5.96 Å². The van der Waals surface area contributed by atoms with Crippen LogP contribution < -0.4 is 10.6 Å². The van der Waals surface area contributed by atoms with Gasteiger partial charge >= 0.3 is 0 Å². The fraction of sp³-hybridized carbons (Fsp3) is 0.696. The minimum Gasteiger partial charge on any atom is -0.396 e. The van der Waals surface area contributed by atoms with Gasteiger partial charge in [-0.05, 0) is 43.2 Å². The number of aliphatic imine (C=N–C) groups is 1. The molecule has 1 saturated heterocycles. The maximum absolute atomic E-state index is 9.50. The summed E-state index contributed by atoms with van der Waals surface area (Å²) in [6, 6.07) is 8.22. The first-order valence-electron chi connectivity index (χ1n) is 11.3. The van der Waals surface area contributed by atoms with Crippen molar-refractivity contribution in [3.63, 3.8) is 0 Å². The van der Waals surface area contributed by atoms with Crippen LogP contribution in [0.1, 0.15) is 51.6 Å². The highest BCUT2D eigenvalue weighted by Crippen LogP contribution is 2.31. The summed E-state index contributed by atoms with van der Waals surface area (Å²) in [5.74, 6) is 0.812. The molecule has 0 aliphatic carbocycles. The Balaban J connectivity index is 0.00000480. The quantitative estimate of drug-likeness (QED) is 0.214. The van der Waals surface area contributed by atoms with E-state index in [0.29, 0.717) is 13.1 Å². The van der Waals surface area contributed by atoms with Crippen molar-refractivity contribution in [1.29, 1.82) is 0 Å². The van der Waals surface area contributed by atoms with Gasteiger partial charge in [-0.25, -0.2) is 0 Å². The van der Waals surface area contributed by atoms with Gasteiger partial charge < -0.3 is 20.5 Å². The van der Waals surface area contributed by atoms with E-state index in [1.165, 1.54) is 0 Å². The minimum atomic E-state index is 0. The van der Waals surface area contributed by atoms with Gasteiger partial charge in [-0.2, -0.15) is 0 Å². The lowest BCUT2D eigenvalue weighted by Crippen LogP contribution is -2.46. The molecule has 0 radical (unpaired) electrons. The van der Waals surface area contributed by atoms with Gasteiger partial charge in [-0.3, -0.25) is 9.89 Å². The van der Waals surface area contributed by atoms with E-state index in [2.05, 4.69) is 42.4 Å². The second-order valence-electron chi connectivity index (χ2n) is 7.94. The van der Waals surface area contributed by atoms with Crippen LogP contribution in [0.25, 0.3) is 0 Å². The highest BCUT2D eigenvalue weighted by Gasteiger charge is 2.27. The fourth-order valence-corrected chi connectivity index (χ4v) is 4.26. The van der Waals surface area contributed by atoms with Gasteiger partial charge in [0, 0.05) is 44.4 Å². The van der Waals surface area contributed by atoms with Crippen LogP contribution in [0.4, 0.5) is 0 Å². The molecule has 0 aromatic heterocycles. The first kappa shape index (κ1) is 28.4. The van der Waals surface area contributed by atoms with Crippen LogP contribution in [0.3, 0.4) is 0 Å². The van der Waals surface area contributed by atoms with E-state index in [-0.39, 0.29) is 42.0 Å². The zero-order valence-electron chi connectivity index (χ0n) is 19.2. The van der Waals surface area contributed by atoms with Crippen molar-refractivity contribution in [2.75, 3.05) is 52.5 Å². The molecule has 3 N–H and O–H groups in total. The van der Waals surface area contributed by atoms with E-state index < -0.39 is 0 Å². The van der Waals surface area contributed by atoms with Crippen molar-refractivity contribution >= 4 is 41.5 Å². The summed E-state index contributed by atoms with van der Waals surface area (Å²) in [4.78, 5) is 7.31. The van der Waals surface area contributed by atoms with E-state index in [0.717, 1.165) is 68.7 Å². The zero-order chi connectivity index (χ0) is 21.8. The Hall–Kier alpha value is -0.610. The number of nitrogens with zero attached hydrogens (tertiary/aromatic N) is 2. The number of guanidine groups is 1. The average Bonchev–Trinajstić information content (AvgIpc) is 2.78. The summed E-state index contributed by atoms with van der Waals surface area (Å²) in [6.07, 6.45) is 2.78. The average molecular weight is 567 g/mol. The Morgan fingerprint density at radius 1 is 1.19 bits per heavy atom. The normalized spacial score (nSPS) is 16.5. The smallest absolute Gasteiger partial charge is 0.191 e. The number of ether oxygens (including phenoxy) is 1. The van der Waals surface area contributed by atoms with Gasteiger partial charge in [0.25, 0.3) is 0 Å². The molecule has 1 heterocycles. The van der Waals surface area contributed by atoms with Crippen molar-refractivity contribution in [1.82, 2.24) is 15.5 Å². The SMILES string of the molecule is CCNC(=NCC(CC)(CC)CCO)NCC(c1ccccc1Cl)N1CCOCC1.I. The molecule has 1 aromatic carbocycles. The third-order valence-corrected chi connectivity index (χ3v) is 6.62. The molecule has 1 aliphatic rings. The predicted octanol–water partition coefficient (Wildman–Crippen LogP) is 4.08. The monoisotopic (exact) mass is 566 g/mol. The van der Waals surface area contributed by atoms with Gasteiger partial charge in [-0.15, -0.1) is 24.0 Å². The topological polar surface area (TPSA) is 69.1 Å². The molecular formula is C23H40ClIN4O2. The summed E-state index contributed by atoms with van der Waals surface area (Å²) in [5.41, 5.74) is 1.17. The van der Waals surface area contributed by atoms with Gasteiger partial charge in [0.1, 0.15) is 0 Å². The van der Waals surface area contributed by atoms with E-state index in [4.69, 9.17) is 21.3 Å². The maximum Gasteiger partial charge on any atom is 0.191 e. The summed E-state index contributed by atoms with van der Waals surface area (Å²) in [7, 11) is 0. The third-order valence-electron chi connectivity index (χ3n) is 6.27. The van der Waals surface area contributed by atoms with Crippen molar-refractivity contribution in [2.24, 2.45) is 10.4 Å². The molecule has 1 unspecified atom stereocenters. The van der Waals surface area contributed by atoms with Crippen molar-refractivity contribution in [2.45, 2.75) is 46.1 Å². The minimum absolute atomic E-state index is 0. The molecule has 0 spiro atoms. The molecule has 31 heavy (non-hydrogen) atoms. The summed E-state index contributed by atoms with van der Waals surface area (Å²) < 4.78 is 5.55. The molecule has 2 rings (SSSR count).